The Morgan fingerprint density at radius 1 is 1.15 bits per heavy atom. The van der Waals surface area contributed by atoms with Crippen molar-refractivity contribution in [3.63, 3.8) is 0 Å². The van der Waals surface area contributed by atoms with Crippen LogP contribution in [0, 0.1) is 0 Å². The Morgan fingerprint density at radius 3 is 2.63 bits per heavy atom. The predicted molar refractivity (Wildman–Crippen MR) is 102 cm³/mol. The molecule has 0 aliphatic carbocycles. The summed E-state index contributed by atoms with van der Waals surface area (Å²) in [5.41, 5.74) is 2.06. The minimum atomic E-state index is -0.538. The Morgan fingerprint density at radius 2 is 1.89 bits per heavy atom. The molecular formula is C20H21N3O4. The van der Waals surface area contributed by atoms with E-state index in [4.69, 9.17) is 4.74 Å². The van der Waals surface area contributed by atoms with Gasteiger partial charge in [-0.25, -0.2) is 0 Å². The molecule has 0 aromatic heterocycles. The lowest BCUT2D eigenvalue weighted by Crippen LogP contribution is -2.30. The summed E-state index contributed by atoms with van der Waals surface area (Å²) in [4.78, 5) is 35.9. The standard InChI is InChI=1S/C20H21N3O4/c1-2-21-19(25)12-27-14-9-7-13(8-10-14)22-20(26)16-11-18(24)23-17-6-4-3-5-15(16)17/h3-10,16H,2,11-12H2,1H3,(H,21,25)(H,22,26)(H,23,24). The molecule has 0 bridgehead atoms. The van der Waals surface area contributed by atoms with E-state index in [2.05, 4.69) is 16.0 Å². The number of nitrogens with one attached hydrogen (secondary N) is 3. The van der Waals surface area contributed by atoms with Gasteiger partial charge in [-0.3, -0.25) is 14.4 Å². The highest BCUT2D eigenvalue weighted by Crippen LogP contribution is 2.32. The molecule has 27 heavy (non-hydrogen) atoms. The van der Waals surface area contributed by atoms with Crippen molar-refractivity contribution in [3.8, 4) is 5.75 Å². The summed E-state index contributed by atoms with van der Waals surface area (Å²) in [5.74, 6) is -0.620. The van der Waals surface area contributed by atoms with E-state index in [0.717, 1.165) is 5.56 Å². The summed E-state index contributed by atoms with van der Waals surface area (Å²) in [6.07, 6.45) is 0.108. The van der Waals surface area contributed by atoms with Gasteiger partial charge in [-0.15, -0.1) is 0 Å². The van der Waals surface area contributed by atoms with Gasteiger partial charge in [0.2, 0.25) is 11.8 Å². The van der Waals surface area contributed by atoms with Crippen molar-refractivity contribution < 1.29 is 19.1 Å². The van der Waals surface area contributed by atoms with Crippen molar-refractivity contribution in [1.29, 1.82) is 0 Å². The van der Waals surface area contributed by atoms with E-state index in [1.165, 1.54) is 0 Å². The van der Waals surface area contributed by atoms with Gasteiger partial charge in [0.15, 0.2) is 6.61 Å². The number of rotatable bonds is 6. The molecule has 3 rings (SSSR count). The largest absolute Gasteiger partial charge is 0.484 e. The van der Waals surface area contributed by atoms with Crippen LogP contribution in [0.4, 0.5) is 11.4 Å². The normalized spacial score (nSPS) is 15.3. The van der Waals surface area contributed by atoms with Gasteiger partial charge in [0.05, 0.1) is 5.92 Å². The molecule has 3 N–H and O–H groups in total. The molecule has 7 heteroatoms. The van der Waals surface area contributed by atoms with E-state index in [-0.39, 0.29) is 30.7 Å². The Labute approximate surface area is 157 Å². The lowest BCUT2D eigenvalue weighted by molar-refractivity contribution is -0.123. The maximum Gasteiger partial charge on any atom is 0.257 e. The molecule has 1 atom stereocenters. The molecule has 0 fully saturated rings. The monoisotopic (exact) mass is 367 g/mol. The SMILES string of the molecule is CCNC(=O)COc1ccc(NC(=O)C2CC(=O)Nc3ccccc32)cc1. The summed E-state index contributed by atoms with van der Waals surface area (Å²) in [6.45, 7) is 2.33. The van der Waals surface area contributed by atoms with Crippen LogP contribution in [0.15, 0.2) is 48.5 Å². The van der Waals surface area contributed by atoms with Crippen LogP contribution in [0.3, 0.4) is 0 Å². The Kier molecular flexibility index (Phi) is 5.71. The lowest BCUT2D eigenvalue weighted by atomic mass is 9.90. The zero-order valence-corrected chi connectivity index (χ0v) is 15.0. The van der Waals surface area contributed by atoms with Crippen LogP contribution in [0.2, 0.25) is 0 Å². The first-order valence-corrected chi connectivity index (χ1v) is 8.76. The summed E-state index contributed by atoms with van der Waals surface area (Å²) in [7, 11) is 0. The highest BCUT2D eigenvalue weighted by molar-refractivity contribution is 6.05. The first-order valence-electron chi connectivity index (χ1n) is 8.76. The maximum absolute atomic E-state index is 12.7. The first kappa shape index (κ1) is 18.4. The van der Waals surface area contributed by atoms with Crippen molar-refractivity contribution in [2.75, 3.05) is 23.8 Å². The second kappa shape index (κ2) is 8.35. The minimum Gasteiger partial charge on any atom is -0.484 e. The van der Waals surface area contributed by atoms with Gasteiger partial charge >= 0.3 is 0 Å². The zero-order chi connectivity index (χ0) is 19.2. The van der Waals surface area contributed by atoms with Crippen molar-refractivity contribution in [2.45, 2.75) is 19.3 Å². The number of para-hydroxylation sites is 1. The summed E-state index contributed by atoms with van der Waals surface area (Å²) in [6, 6.07) is 14.0. The number of likely N-dealkylation sites (N-methyl/N-ethyl adjacent to an activating group) is 1. The Hall–Kier alpha value is -3.35. The van der Waals surface area contributed by atoms with Crippen LogP contribution in [0.1, 0.15) is 24.8 Å². The topological polar surface area (TPSA) is 96.5 Å². The number of fused-ring (bicyclic) bond motifs is 1. The van der Waals surface area contributed by atoms with Crippen LogP contribution >= 0.6 is 0 Å². The molecule has 1 aliphatic rings. The highest BCUT2D eigenvalue weighted by Gasteiger charge is 2.30. The molecule has 7 nitrogen and oxygen atoms in total. The quantitative estimate of drug-likeness (QED) is 0.730. The van der Waals surface area contributed by atoms with Crippen molar-refractivity contribution in [3.05, 3.63) is 54.1 Å². The minimum absolute atomic E-state index is 0.0620. The molecule has 1 unspecified atom stereocenters. The van der Waals surface area contributed by atoms with Gasteiger partial charge in [0.1, 0.15) is 5.75 Å². The van der Waals surface area contributed by atoms with Crippen LogP contribution in [-0.2, 0) is 14.4 Å². The van der Waals surface area contributed by atoms with Crippen molar-refractivity contribution in [2.24, 2.45) is 0 Å². The third-order valence-corrected chi connectivity index (χ3v) is 4.18. The van der Waals surface area contributed by atoms with E-state index in [0.29, 0.717) is 23.7 Å². The number of carbonyl (C=O) groups excluding carboxylic acids is 3. The molecule has 2 aromatic rings. The van der Waals surface area contributed by atoms with E-state index in [9.17, 15) is 14.4 Å². The zero-order valence-electron chi connectivity index (χ0n) is 15.0. The highest BCUT2D eigenvalue weighted by atomic mass is 16.5. The molecule has 2 aromatic carbocycles. The average Bonchev–Trinajstić information content (AvgIpc) is 2.67. The van der Waals surface area contributed by atoms with Gasteiger partial charge in [0.25, 0.3) is 5.91 Å². The number of hydrogen-bond donors (Lipinski definition) is 3. The molecule has 0 saturated heterocycles. The summed E-state index contributed by atoms with van der Waals surface area (Å²) < 4.78 is 5.38. The second-order valence-electron chi connectivity index (χ2n) is 6.15. The van der Waals surface area contributed by atoms with Crippen LogP contribution < -0.4 is 20.7 Å². The second-order valence-corrected chi connectivity index (χ2v) is 6.15. The number of ether oxygens (including phenoxy) is 1. The lowest BCUT2D eigenvalue weighted by Gasteiger charge is -2.24. The van der Waals surface area contributed by atoms with Crippen molar-refractivity contribution >= 4 is 29.1 Å². The fourth-order valence-electron chi connectivity index (χ4n) is 2.91. The van der Waals surface area contributed by atoms with Gasteiger partial charge in [-0.05, 0) is 42.8 Å². The summed E-state index contributed by atoms with van der Waals surface area (Å²) in [5, 5.41) is 8.26. The number of carbonyl (C=O) groups is 3. The van der Waals surface area contributed by atoms with Gasteiger partial charge < -0.3 is 20.7 Å². The molecule has 0 saturated carbocycles. The molecule has 140 valence electrons. The number of hydrogen-bond acceptors (Lipinski definition) is 4. The Balaban J connectivity index is 1.63. The molecule has 0 spiro atoms. The summed E-state index contributed by atoms with van der Waals surface area (Å²) >= 11 is 0. The third kappa shape index (κ3) is 4.63. The average molecular weight is 367 g/mol. The fourth-order valence-corrected chi connectivity index (χ4v) is 2.91. The van der Waals surface area contributed by atoms with Crippen LogP contribution in [0.5, 0.6) is 5.75 Å². The van der Waals surface area contributed by atoms with E-state index < -0.39 is 5.92 Å². The smallest absolute Gasteiger partial charge is 0.257 e. The third-order valence-electron chi connectivity index (χ3n) is 4.18. The van der Waals surface area contributed by atoms with Crippen LogP contribution in [0.25, 0.3) is 0 Å². The van der Waals surface area contributed by atoms with Crippen LogP contribution in [-0.4, -0.2) is 30.9 Å². The molecule has 0 radical (unpaired) electrons. The van der Waals surface area contributed by atoms with Gasteiger partial charge in [-0.2, -0.15) is 0 Å². The molecule has 1 aliphatic heterocycles. The van der Waals surface area contributed by atoms with E-state index in [1.807, 2.05) is 25.1 Å². The maximum atomic E-state index is 12.7. The molecular weight excluding hydrogens is 346 g/mol. The Bertz CT molecular complexity index is 849. The van der Waals surface area contributed by atoms with E-state index >= 15 is 0 Å². The number of anilines is 2. The number of amides is 3. The van der Waals surface area contributed by atoms with Gasteiger partial charge in [-0.1, -0.05) is 18.2 Å². The van der Waals surface area contributed by atoms with E-state index in [1.54, 1.807) is 30.3 Å². The molecule has 3 amide bonds. The van der Waals surface area contributed by atoms with Gasteiger partial charge in [0, 0.05) is 24.3 Å². The number of benzene rings is 2. The molecule has 1 heterocycles. The van der Waals surface area contributed by atoms with Crippen molar-refractivity contribution in [1.82, 2.24) is 5.32 Å². The predicted octanol–water partition coefficient (Wildman–Crippen LogP) is 2.27. The fraction of sp³-hybridized carbons (Fsp3) is 0.250. The first-order chi connectivity index (χ1) is 13.1.